The van der Waals surface area contributed by atoms with Crippen molar-refractivity contribution >= 4 is 11.6 Å². The van der Waals surface area contributed by atoms with Gasteiger partial charge < -0.3 is 19.9 Å². The number of phenols is 1. The Labute approximate surface area is 115 Å². The molecule has 0 radical (unpaired) electrons. The van der Waals surface area contributed by atoms with E-state index in [2.05, 4.69) is 5.32 Å². The van der Waals surface area contributed by atoms with Crippen molar-refractivity contribution in [1.29, 1.82) is 0 Å². The van der Waals surface area contributed by atoms with Gasteiger partial charge >= 0.3 is 0 Å². The van der Waals surface area contributed by atoms with Crippen molar-refractivity contribution in [2.24, 2.45) is 0 Å². The van der Waals surface area contributed by atoms with E-state index in [-0.39, 0.29) is 11.7 Å². The molecule has 1 amide bonds. The maximum absolute atomic E-state index is 12.1. The predicted molar refractivity (Wildman–Crippen MR) is 73.5 cm³/mol. The Morgan fingerprint density at radius 2 is 1.80 bits per heavy atom. The van der Waals surface area contributed by atoms with Crippen LogP contribution in [0.4, 0.5) is 5.69 Å². The van der Waals surface area contributed by atoms with Crippen molar-refractivity contribution in [2.45, 2.75) is 0 Å². The van der Waals surface area contributed by atoms with E-state index in [1.165, 1.54) is 6.07 Å². The van der Waals surface area contributed by atoms with Crippen molar-refractivity contribution in [3.05, 3.63) is 48.0 Å². The van der Waals surface area contributed by atoms with Crippen molar-refractivity contribution in [2.75, 3.05) is 18.5 Å². The van der Waals surface area contributed by atoms with Crippen LogP contribution >= 0.6 is 0 Å². The number of aromatic hydroxyl groups is 1. The first-order valence-corrected chi connectivity index (χ1v) is 6.23. The fourth-order valence-electron chi connectivity index (χ4n) is 1.96. The molecular weight excluding hydrogens is 258 g/mol. The molecule has 102 valence electrons. The van der Waals surface area contributed by atoms with Gasteiger partial charge in [0, 0.05) is 5.56 Å². The normalized spacial score (nSPS) is 12.8. The molecule has 0 spiro atoms. The number of amides is 1. The van der Waals surface area contributed by atoms with Gasteiger partial charge in [0.05, 0.1) is 5.69 Å². The molecule has 0 aliphatic carbocycles. The number of ether oxygens (including phenoxy) is 2. The molecule has 0 fully saturated rings. The van der Waals surface area contributed by atoms with Gasteiger partial charge in [-0.1, -0.05) is 12.1 Å². The zero-order chi connectivity index (χ0) is 13.9. The zero-order valence-electron chi connectivity index (χ0n) is 10.6. The number of hydrogen-bond donors (Lipinski definition) is 2. The Hall–Kier alpha value is -2.69. The summed E-state index contributed by atoms with van der Waals surface area (Å²) in [5, 5.41) is 12.3. The Bertz CT molecular complexity index is 654. The third kappa shape index (κ3) is 2.38. The lowest BCUT2D eigenvalue weighted by molar-refractivity contribution is 0.102. The number of hydrogen-bond acceptors (Lipinski definition) is 4. The van der Waals surface area contributed by atoms with Gasteiger partial charge in [0.25, 0.3) is 5.91 Å². The first kappa shape index (κ1) is 12.3. The quantitative estimate of drug-likeness (QED) is 0.823. The molecule has 0 bridgehead atoms. The van der Waals surface area contributed by atoms with E-state index in [0.29, 0.717) is 36.0 Å². The minimum Gasteiger partial charge on any atom is -0.506 e. The Kier molecular flexibility index (Phi) is 3.16. The molecule has 2 N–H and O–H groups in total. The fourth-order valence-corrected chi connectivity index (χ4v) is 1.96. The van der Waals surface area contributed by atoms with Gasteiger partial charge in [0.2, 0.25) is 0 Å². The van der Waals surface area contributed by atoms with Crippen LogP contribution in [0.3, 0.4) is 0 Å². The van der Waals surface area contributed by atoms with E-state index < -0.39 is 0 Å². The van der Waals surface area contributed by atoms with Crippen LogP contribution in [-0.2, 0) is 0 Å². The summed E-state index contributed by atoms with van der Waals surface area (Å²) in [6.45, 7) is 0.980. The van der Waals surface area contributed by atoms with Gasteiger partial charge in [-0.25, -0.2) is 0 Å². The summed E-state index contributed by atoms with van der Waals surface area (Å²) in [5.74, 6) is 0.901. The number of anilines is 1. The van der Waals surface area contributed by atoms with Crippen molar-refractivity contribution in [1.82, 2.24) is 0 Å². The van der Waals surface area contributed by atoms with Crippen LogP contribution in [0, 0.1) is 0 Å². The molecule has 0 atom stereocenters. The van der Waals surface area contributed by atoms with E-state index in [1.807, 2.05) is 0 Å². The van der Waals surface area contributed by atoms with E-state index in [4.69, 9.17) is 9.47 Å². The van der Waals surface area contributed by atoms with Crippen LogP contribution < -0.4 is 14.8 Å². The highest BCUT2D eigenvalue weighted by molar-refractivity contribution is 6.05. The molecule has 2 aromatic carbocycles. The maximum Gasteiger partial charge on any atom is 0.255 e. The first-order chi connectivity index (χ1) is 9.74. The summed E-state index contributed by atoms with van der Waals surface area (Å²) in [6, 6.07) is 11.6. The standard InChI is InChI=1S/C15H13NO4/c17-12-4-2-1-3-11(12)16-15(18)10-5-6-13-14(9-10)20-8-7-19-13/h1-6,9,17H,7-8H2,(H,16,18). The van der Waals surface area contributed by atoms with Crippen LogP contribution in [-0.4, -0.2) is 24.2 Å². The molecule has 1 aliphatic rings. The minimum atomic E-state index is -0.316. The zero-order valence-corrected chi connectivity index (χ0v) is 10.6. The second-order valence-electron chi connectivity index (χ2n) is 4.33. The lowest BCUT2D eigenvalue weighted by Crippen LogP contribution is -2.17. The average Bonchev–Trinajstić information content (AvgIpc) is 2.49. The summed E-state index contributed by atoms with van der Waals surface area (Å²) >= 11 is 0. The number of carbonyl (C=O) groups excluding carboxylic acids is 1. The van der Waals surface area contributed by atoms with Crippen molar-refractivity contribution < 1.29 is 19.4 Å². The van der Waals surface area contributed by atoms with E-state index in [9.17, 15) is 9.90 Å². The summed E-state index contributed by atoms with van der Waals surface area (Å²) in [4.78, 5) is 12.1. The lowest BCUT2D eigenvalue weighted by atomic mass is 10.1. The molecule has 1 aliphatic heterocycles. The van der Waals surface area contributed by atoms with Crippen LogP contribution in [0.5, 0.6) is 17.2 Å². The molecule has 1 heterocycles. The second-order valence-corrected chi connectivity index (χ2v) is 4.33. The number of benzene rings is 2. The molecular formula is C15H13NO4. The summed E-state index contributed by atoms with van der Waals surface area (Å²) < 4.78 is 10.8. The number of carbonyl (C=O) groups is 1. The highest BCUT2D eigenvalue weighted by Crippen LogP contribution is 2.31. The fraction of sp³-hybridized carbons (Fsp3) is 0.133. The lowest BCUT2D eigenvalue weighted by Gasteiger charge is -2.18. The number of nitrogens with one attached hydrogen (secondary N) is 1. The predicted octanol–water partition coefficient (Wildman–Crippen LogP) is 2.42. The van der Waals surface area contributed by atoms with Gasteiger partial charge in [0.15, 0.2) is 11.5 Å². The summed E-state index contributed by atoms with van der Waals surface area (Å²) in [6.07, 6.45) is 0. The van der Waals surface area contributed by atoms with Crippen LogP contribution in [0.2, 0.25) is 0 Å². The smallest absolute Gasteiger partial charge is 0.255 e. The topological polar surface area (TPSA) is 67.8 Å². The van der Waals surface area contributed by atoms with Crippen LogP contribution in [0.15, 0.2) is 42.5 Å². The van der Waals surface area contributed by atoms with Gasteiger partial charge in [-0.2, -0.15) is 0 Å². The van der Waals surface area contributed by atoms with Gasteiger partial charge in [-0.15, -0.1) is 0 Å². The third-order valence-electron chi connectivity index (χ3n) is 2.96. The largest absolute Gasteiger partial charge is 0.506 e. The average molecular weight is 271 g/mol. The SMILES string of the molecule is O=C(Nc1ccccc1O)c1ccc2c(c1)OCCO2. The summed E-state index contributed by atoms with van der Waals surface area (Å²) in [7, 11) is 0. The van der Waals surface area contributed by atoms with Gasteiger partial charge in [-0.3, -0.25) is 4.79 Å². The molecule has 0 saturated carbocycles. The van der Waals surface area contributed by atoms with E-state index in [0.717, 1.165) is 0 Å². The molecule has 2 aromatic rings. The molecule has 5 nitrogen and oxygen atoms in total. The monoisotopic (exact) mass is 271 g/mol. The first-order valence-electron chi connectivity index (χ1n) is 6.23. The number of para-hydroxylation sites is 2. The Balaban J connectivity index is 1.82. The summed E-state index contributed by atoms with van der Waals surface area (Å²) in [5.41, 5.74) is 0.810. The van der Waals surface area contributed by atoms with Crippen molar-refractivity contribution in [3.63, 3.8) is 0 Å². The molecule has 5 heteroatoms. The van der Waals surface area contributed by atoms with Crippen LogP contribution in [0.1, 0.15) is 10.4 Å². The molecule has 20 heavy (non-hydrogen) atoms. The maximum atomic E-state index is 12.1. The van der Waals surface area contributed by atoms with E-state index in [1.54, 1.807) is 36.4 Å². The molecule has 3 rings (SSSR count). The van der Waals surface area contributed by atoms with Crippen LogP contribution in [0.25, 0.3) is 0 Å². The molecule has 0 saturated heterocycles. The molecule has 0 aromatic heterocycles. The van der Waals surface area contributed by atoms with Crippen molar-refractivity contribution in [3.8, 4) is 17.2 Å². The number of phenolic OH excluding ortho intramolecular Hbond substituents is 1. The minimum absolute atomic E-state index is 0.0263. The van der Waals surface area contributed by atoms with E-state index >= 15 is 0 Å². The van der Waals surface area contributed by atoms with Gasteiger partial charge in [0.1, 0.15) is 19.0 Å². The highest BCUT2D eigenvalue weighted by Gasteiger charge is 2.15. The molecule has 0 unspecified atom stereocenters. The highest BCUT2D eigenvalue weighted by atomic mass is 16.6. The Morgan fingerprint density at radius 1 is 1.05 bits per heavy atom. The second kappa shape index (κ2) is 5.13. The third-order valence-corrected chi connectivity index (χ3v) is 2.96. The number of fused-ring (bicyclic) bond motifs is 1. The number of rotatable bonds is 2. The Morgan fingerprint density at radius 3 is 2.60 bits per heavy atom. The van der Waals surface area contributed by atoms with Gasteiger partial charge in [-0.05, 0) is 30.3 Å².